The van der Waals surface area contributed by atoms with Crippen molar-refractivity contribution in [2.75, 3.05) is 19.7 Å². The molecule has 2 atom stereocenters. The fraction of sp³-hybridized carbons (Fsp3) is 0.444. The van der Waals surface area contributed by atoms with Crippen LogP contribution in [0.3, 0.4) is 0 Å². The molecule has 2 aromatic carbocycles. The van der Waals surface area contributed by atoms with Crippen molar-refractivity contribution in [1.82, 2.24) is 10.2 Å². The third-order valence-corrected chi connectivity index (χ3v) is 6.91. The van der Waals surface area contributed by atoms with E-state index in [0.717, 1.165) is 35.1 Å². The first-order chi connectivity index (χ1) is 16.3. The third kappa shape index (κ3) is 5.41. The number of hydrogen-bond acceptors (Lipinski definition) is 4. The van der Waals surface area contributed by atoms with Crippen LogP contribution in [0.5, 0.6) is 0 Å². The maximum absolute atomic E-state index is 13.0. The molecule has 0 heterocycles. The van der Waals surface area contributed by atoms with Gasteiger partial charge in [-0.25, -0.2) is 4.79 Å². The van der Waals surface area contributed by atoms with Crippen molar-refractivity contribution in [3.05, 3.63) is 59.7 Å². The Morgan fingerprint density at radius 2 is 1.62 bits per heavy atom. The van der Waals surface area contributed by atoms with Crippen molar-refractivity contribution in [2.24, 2.45) is 11.8 Å². The van der Waals surface area contributed by atoms with Crippen molar-refractivity contribution in [3.63, 3.8) is 0 Å². The van der Waals surface area contributed by atoms with Gasteiger partial charge in [0.1, 0.15) is 6.61 Å². The number of carbonyl (C=O) groups is 3. The highest BCUT2D eigenvalue weighted by Crippen LogP contribution is 2.44. The second-order valence-corrected chi connectivity index (χ2v) is 9.42. The number of benzene rings is 2. The lowest BCUT2D eigenvalue weighted by atomic mass is 9.98. The highest BCUT2D eigenvalue weighted by molar-refractivity contribution is 5.81. The first-order valence-electron chi connectivity index (χ1n) is 12.0. The normalized spacial score (nSPS) is 16.2. The third-order valence-electron chi connectivity index (χ3n) is 6.91. The summed E-state index contributed by atoms with van der Waals surface area (Å²) in [7, 11) is 0. The van der Waals surface area contributed by atoms with Gasteiger partial charge in [-0.1, -0.05) is 55.5 Å². The Hall–Kier alpha value is -3.35. The summed E-state index contributed by atoms with van der Waals surface area (Å²) in [5, 5.41) is 11.8. The second kappa shape index (κ2) is 10.3. The van der Waals surface area contributed by atoms with Gasteiger partial charge < -0.3 is 20.1 Å². The minimum atomic E-state index is -0.925. The molecule has 0 aliphatic heterocycles. The lowest BCUT2D eigenvalue weighted by molar-refractivity contribution is -0.140. The molecule has 7 nitrogen and oxygen atoms in total. The Morgan fingerprint density at radius 1 is 1.03 bits per heavy atom. The summed E-state index contributed by atoms with van der Waals surface area (Å²) in [5.74, 6) is -1.13. The van der Waals surface area contributed by atoms with E-state index in [2.05, 4.69) is 29.6 Å². The molecule has 0 radical (unpaired) electrons. The van der Waals surface area contributed by atoms with Crippen LogP contribution in [-0.4, -0.2) is 53.7 Å². The molecule has 7 heteroatoms. The molecule has 2 aliphatic rings. The zero-order valence-corrected chi connectivity index (χ0v) is 19.7. The van der Waals surface area contributed by atoms with E-state index in [1.165, 1.54) is 0 Å². The molecule has 2 aliphatic carbocycles. The molecule has 0 aromatic heterocycles. The number of carbonyl (C=O) groups excluding carboxylic acids is 2. The van der Waals surface area contributed by atoms with Gasteiger partial charge in [-0.15, -0.1) is 0 Å². The monoisotopic (exact) mass is 464 g/mol. The summed E-state index contributed by atoms with van der Waals surface area (Å²) < 4.78 is 5.60. The number of nitrogens with zero attached hydrogens (tertiary/aromatic N) is 1. The largest absolute Gasteiger partial charge is 0.481 e. The van der Waals surface area contributed by atoms with Gasteiger partial charge in [-0.3, -0.25) is 9.59 Å². The molecule has 180 valence electrons. The number of nitrogens with one attached hydrogen (secondary N) is 1. The molecule has 0 bridgehead atoms. The van der Waals surface area contributed by atoms with Crippen LogP contribution in [0.4, 0.5) is 4.79 Å². The molecule has 2 amide bonds. The Labute approximate surface area is 200 Å². The summed E-state index contributed by atoms with van der Waals surface area (Å²) in [6.07, 6.45) is 1.49. The van der Waals surface area contributed by atoms with Gasteiger partial charge in [0.15, 0.2) is 0 Å². The van der Waals surface area contributed by atoms with Gasteiger partial charge in [0.25, 0.3) is 0 Å². The molecule has 1 saturated carbocycles. The van der Waals surface area contributed by atoms with E-state index < -0.39 is 24.0 Å². The average Bonchev–Trinajstić information content (AvgIpc) is 3.60. The van der Waals surface area contributed by atoms with Crippen LogP contribution in [0.2, 0.25) is 0 Å². The van der Waals surface area contributed by atoms with Crippen LogP contribution < -0.4 is 5.32 Å². The van der Waals surface area contributed by atoms with Crippen molar-refractivity contribution < 1.29 is 24.2 Å². The number of aliphatic carboxylic acids is 1. The van der Waals surface area contributed by atoms with Gasteiger partial charge in [-0.05, 0) is 47.9 Å². The average molecular weight is 465 g/mol. The van der Waals surface area contributed by atoms with Crippen LogP contribution >= 0.6 is 0 Å². The molecule has 34 heavy (non-hydrogen) atoms. The van der Waals surface area contributed by atoms with Gasteiger partial charge in [0, 0.05) is 25.0 Å². The predicted molar refractivity (Wildman–Crippen MR) is 128 cm³/mol. The fourth-order valence-electron chi connectivity index (χ4n) is 4.59. The minimum Gasteiger partial charge on any atom is -0.481 e. The molecule has 4 rings (SSSR count). The molecule has 0 saturated heterocycles. The standard InChI is InChI=1S/C27H32N2O5/c1-17(26(32)29(14-13-25(30)31)15-19-11-12-19)18(2)28-27(33)34-16-24-22-9-5-3-7-20(22)21-8-4-6-10-23(21)24/h3-10,17-19,24H,11-16H2,1-2H3,(H,28,33)(H,30,31). The van der Waals surface area contributed by atoms with Crippen molar-refractivity contribution in [3.8, 4) is 11.1 Å². The topological polar surface area (TPSA) is 95.9 Å². The highest BCUT2D eigenvalue weighted by Gasteiger charge is 2.32. The van der Waals surface area contributed by atoms with E-state index in [1.807, 2.05) is 24.3 Å². The zero-order valence-electron chi connectivity index (χ0n) is 19.7. The number of rotatable bonds is 10. The maximum atomic E-state index is 13.0. The first kappa shape index (κ1) is 23.8. The van der Waals surface area contributed by atoms with E-state index in [0.29, 0.717) is 12.5 Å². The van der Waals surface area contributed by atoms with Crippen LogP contribution in [0, 0.1) is 11.8 Å². The number of amides is 2. The lowest BCUT2D eigenvalue weighted by Crippen LogP contribution is -2.47. The minimum absolute atomic E-state index is 0.0300. The van der Waals surface area contributed by atoms with E-state index in [9.17, 15) is 14.4 Å². The highest BCUT2D eigenvalue weighted by atomic mass is 16.5. The smallest absolute Gasteiger partial charge is 0.407 e. The predicted octanol–water partition coefficient (Wildman–Crippen LogP) is 4.26. The molecule has 1 fully saturated rings. The van der Waals surface area contributed by atoms with E-state index in [1.54, 1.807) is 18.7 Å². The fourth-order valence-corrected chi connectivity index (χ4v) is 4.59. The van der Waals surface area contributed by atoms with E-state index >= 15 is 0 Å². The molecule has 2 unspecified atom stereocenters. The van der Waals surface area contributed by atoms with Crippen LogP contribution in [0.15, 0.2) is 48.5 Å². The number of carboxylic acids is 1. The molecule has 2 aromatic rings. The quantitative estimate of drug-likeness (QED) is 0.548. The molecule has 0 spiro atoms. The number of alkyl carbamates (subject to hydrolysis) is 1. The Kier molecular flexibility index (Phi) is 7.20. The molecule has 2 N–H and O–H groups in total. The van der Waals surface area contributed by atoms with Crippen molar-refractivity contribution in [1.29, 1.82) is 0 Å². The molecular formula is C27H32N2O5. The van der Waals surface area contributed by atoms with Crippen molar-refractivity contribution in [2.45, 2.75) is 45.1 Å². The van der Waals surface area contributed by atoms with E-state index in [-0.39, 0.29) is 31.4 Å². The maximum Gasteiger partial charge on any atom is 0.407 e. The van der Waals surface area contributed by atoms with Gasteiger partial charge >= 0.3 is 12.1 Å². The summed E-state index contributed by atoms with van der Waals surface area (Å²) in [6.45, 7) is 4.51. The number of hydrogen-bond donors (Lipinski definition) is 2. The summed E-state index contributed by atoms with van der Waals surface area (Å²) in [4.78, 5) is 38.3. The number of carboxylic acid groups (broad SMARTS) is 1. The Bertz CT molecular complexity index is 1020. The second-order valence-electron chi connectivity index (χ2n) is 9.42. The summed E-state index contributed by atoms with van der Waals surface area (Å²) >= 11 is 0. The van der Waals surface area contributed by atoms with Gasteiger partial charge in [-0.2, -0.15) is 0 Å². The van der Waals surface area contributed by atoms with Crippen LogP contribution in [0.1, 0.15) is 50.2 Å². The zero-order chi connectivity index (χ0) is 24.2. The van der Waals surface area contributed by atoms with Gasteiger partial charge in [0.2, 0.25) is 5.91 Å². The first-order valence-corrected chi connectivity index (χ1v) is 12.0. The van der Waals surface area contributed by atoms with Crippen molar-refractivity contribution >= 4 is 18.0 Å². The Morgan fingerprint density at radius 3 is 2.18 bits per heavy atom. The lowest BCUT2D eigenvalue weighted by Gasteiger charge is -2.28. The SMILES string of the molecule is CC(NC(=O)OCC1c2ccccc2-c2ccccc21)C(C)C(=O)N(CCC(=O)O)CC1CC1. The number of fused-ring (bicyclic) bond motifs is 3. The molecular weight excluding hydrogens is 432 g/mol. The van der Waals surface area contributed by atoms with Crippen LogP contribution in [-0.2, 0) is 14.3 Å². The summed E-state index contributed by atoms with van der Waals surface area (Å²) in [5.41, 5.74) is 4.61. The number of ether oxygens (including phenoxy) is 1. The van der Waals surface area contributed by atoms with E-state index in [4.69, 9.17) is 9.84 Å². The summed E-state index contributed by atoms with van der Waals surface area (Å²) in [6, 6.07) is 15.9. The van der Waals surface area contributed by atoms with Gasteiger partial charge in [0.05, 0.1) is 12.3 Å². The van der Waals surface area contributed by atoms with Crippen LogP contribution in [0.25, 0.3) is 11.1 Å². The Balaban J connectivity index is 1.33.